The Morgan fingerprint density at radius 3 is 2.58 bits per heavy atom. The highest BCUT2D eigenvalue weighted by Crippen LogP contribution is 1.96. The summed E-state index contributed by atoms with van der Waals surface area (Å²) in [6.07, 6.45) is 1.72. The summed E-state index contributed by atoms with van der Waals surface area (Å²) in [7, 11) is 0. The van der Waals surface area contributed by atoms with E-state index >= 15 is 0 Å². The van der Waals surface area contributed by atoms with E-state index in [1.807, 2.05) is 0 Å². The van der Waals surface area contributed by atoms with E-state index in [1.54, 1.807) is 0 Å². The quantitative estimate of drug-likeness (QED) is 0.404. The molecule has 0 aliphatic rings. The average molecular weight is 171 g/mol. The minimum atomic E-state index is -1.15. The molecule has 0 unspecified atom stereocenters. The van der Waals surface area contributed by atoms with Crippen LogP contribution in [-0.4, -0.2) is 18.5 Å². The lowest BCUT2D eigenvalue weighted by atomic mass is 10.2. The van der Waals surface area contributed by atoms with Crippen molar-refractivity contribution in [1.82, 2.24) is 0 Å². The van der Waals surface area contributed by atoms with E-state index in [1.165, 1.54) is 6.08 Å². The van der Waals surface area contributed by atoms with E-state index in [0.29, 0.717) is 0 Å². The summed E-state index contributed by atoms with van der Waals surface area (Å²) in [6, 6.07) is 0. The topological polar surface area (TPSA) is 66.4 Å². The second-order valence-electron chi connectivity index (χ2n) is 2.20. The third-order valence-corrected chi connectivity index (χ3v) is 1.12. The minimum Gasteiger partial charge on any atom is -0.550 e. The van der Waals surface area contributed by atoms with Gasteiger partial charge in [-0.3, -0.25) is 4.79 Å². The first-order valence-electron chi connectivity index (χ1n) is 3.63. The third-order valence-electron chi connectivity index (χ3n) is 1.12. The fourth-order valence-corrected chi connectivity index (χ4v) is 0.601. The van der Waals surface area contributed by atoms with Crippen molar-refractivity contribution in [3.05, 3.63) is 12.7 Å². The van der Waals surface area contributed by atoms with Gasteiger partial charge < -0.3 is 14.6 Å². The molecule has 0 amide bonds. The summed E-state index contributed by atoms with van der Waals surface area (Å²) in [5.74, 6) is -1.55. The number of aliphatic carboxylic acids is 1. The summed E-state index contributed by atoms with van der Waals surface area (Å²) < 4.78 is 4.60. The number of carbonyl (C=O) groups excluding carboxylic acids is 2. The van der Waals surface area contributed by atoms with Crippen LogP contribution in [0.3, 0.4) is 0 Å². The Labute approximate surface area is 70.8 Å². The van der Waals surface area contributed by atoms with Gasteiger partial charge in [-0.05, 0) is 12.8 Å². The molecule has 0 atom stereocenters. The van der Waals surface area contributed by atoms with Crippen molar-refractivity contribution in [2.45, 2.75) is 19.3 Å². The largest absolute Gasteiger partial charge is 0.550 e. The molecule has 0 heterocycles. The van der Waals surface area contributed by atoms with Gasteiger partial charge in [0.25, 0.3) is 0 Å². The van der Waals surface area contributed by atoms with Crippen LogP contribution in [0.2, 0.25) is 0 Å². The fraction of sp³-hybridized carbons (Fsp3) is 0.500. The number of carbonyl (C=O) groups is 2. The van der Waals surface area contributed by atoms with Crippen LogP contribution in [0.5, 0.6) is 0 Å². The third kappa shape index (κ3) is 6.80. The van der Waals surface area contributed by atoms with Gasteiger partial charge in [0, 0.05) is 12.4 Å². The maximum Gasteiger partial charge on any atom is 0.306 e. The number of ether oxygens (including phenoxy) is 1. The molecule has 0 aromatic rings. The van der Waals surface area contributed by atoms with E-state index in [0.717, 1.165) is 0 Å². The molecule has 0 bridgehead atoms. The Bertz CT molecular complexity index is 174. The van der Waals surface area contributed by atoms with E-state index in [2.05, 4.69) is 11.3 Å². The van der Waals surface area contributed by atoms with Crippen LogP contribution >= 0.6 is 0 Å². The lowest BCUT2D eigenvalue weighted by Gasteiger charge is -2.01. The van der Waals surface area contributed by atoms with E-state index in [-0.39, 0.29) is 25.9 Å². The van der Waals surface area contributed by atoms with E-state index in [9.17, 15) is 14.7 Å². The van der Waals surface area contributed by atoms with Crippen LogP contribution in [0.25, 0.3) is 0 Å². The molecule has 68 valence electrons. The Balaban J connectivity index is 3.31. The molecule has 0 radical (unpaired) electrons. The number of carboxylic acids is 1. The smallest absolute Gasteiger partial charge is 0.306 e. The van der Waals surface area contributed by atoms with Crippen molar-refractivity contribution < 1.29 is 19.4 Å². The van der Waals surface area contributed by atoms with Gasteiger partial charge >= 0.3 is 5.97 Å². The van der Waals surface area contributed by atoms with Crippen molar-refractivity contribution in [3.63, 3.8) is 0 Å². The maximum absolute atomic E-state index is 10.7. The van der Waals surface area contributed by atoms with Gasteiger partial charge in [0.1, 0.15) is 6.61 Å². The molecular weight excluding hydrogens is 160 g/mol. The highest BCUT2D eigenvalue weighted by Gasteiger charge is 2.00. The minimum absolute atomic E-state index is 0.108. The van der Waals surface area contributed by atoms with Crippen LogP contribution in [-0.2, 0) is 14.3 Å². The molecule has 0 aliphatic heterocycles. The standard InChI is InChI=1S/C8H12O4/c1-2-6-12-8(11)5-3-4-7(9)10/h2H,1,3-6H2,(H,9,10)/p-1. The highest BCUT2D eigenvalue weighted by atomic mass is 16.5. The predicted molar refractivity (Wildman–Crippen MR) is 40.0 cm³/mol. The number of hydrogen-bond acceptors (Lipinski definition) is 4. The van der Waals surface area contributed by atoms with Crippen LogP contribution in [0, 0.1) is 0 Å². The summed E-state index contributed by atoms with van der Waals surface area (Å²) in [5.41, 5.74) is 0. The monoisotopic (exact) mass is 171 g/mol. The molecule has 0 N–H and O–H groups in total. The predicted octanol–water partition coefficient (Wildman–Crippen LogP) is -0.364. The lowest BCUT2D eigenvalue weighted by molar-refractivity contribution is -0.305. The summed E-state index contributed by atoms with van der Waals surface area (Å²) in [6.45, 7) is 3.53. The van der Waals surface area contributed by atoms with Crippen LogP contribution in [0.4, 0.5) is 0 Å². The highest BCUT2D eigenvalue weighted by molar-refractivity contribution is 5.70. The fourth-order valence-electron chi connectivity index (χ4n) is 0.601. The first kappa shape index (κ1) is 10.7. The summed E-state index contributed by atoms with van der Waals surface area (Å²) >= 11 is 0. The van der Waals surface area contributed by atoms with Gasteiger partial charge in [-0.2, -0.15) is 0 Å². The Morgan fingerprint density at radius 2 is 2.08 bits per heavy atom. The van der Waals surface area contributed by atoms with Crippen LogP contribution in [0.1, 0.15) is 19.3 Å². The van der Waals surface area contributed by atoms with Crippen molar-refractivity contribution in [3.8, 4) is 0 Å². The van der Waals surface area contributed by atoms with Crippen molar-refractivity contribution in [2.24, 2.45) is 0 Å². The number of rotatable bonds is 6. The zero-order chi connectivity index (χ0) is 9.40. The van der Waals surface area contributed by atoms with Crippen molar-refractivity contribution in [2.75, 3.05) is 6.61 Å². The van der Waals surface area contributed by atoms with Crippen LogP contribution < -0.4 is 5.11 Å². The molecule has 4 nitrogen and oxygen atoms in total. The first-order valence-corrected chi connectivity index (χ1v) is 3.63. The molecule has 0 saturated carbocycles. The van der Waals surface area contributed by atoms with Gasteiger partial charge in [-0.15, -0.1) is 0 Å². The molecular formula is C8H11O4-. The number of esters is 1. The molecule has 0 spiro atoms. The Kier molecular flexibility index (Phi) is 5.69. The van der Waals surface area contributed by atoms with E-state index in [4.69, 9.17) is 0 Å². The Morgan fingerprint density at radius 1 is 1.42 bits per heavy atom. The van der Waals surface area contributed by atoms with Gasteiger partial charge in [0.2, 0.25) is 0 Å². The first-order chi connectivity index (χ1) is 5.66. The molecule has 0 rings (SSSR count). The molecule has 12 heavy (non-hydrogen) atoms. The second-order valence-corrected chi connectivity index (χ2v) is 2.20. The number of hydrogen-bond donors (Lipinski definition) is 0. The maximum atomic E-state index is 10.7. The summed E-state index contributed by atoms with van der Waals surface area (Å²) in [4.78, 5) is 20.6. The van der Waals surface area contributed by atoms with Gasteiger partial charge in [-0.1, -0.05) is 12.7 Å². The zero-order valence-corrected chi connectivity index (χ0v) is 6.75. The average Bonchev–Trinajstić information content (AvgIpc) is 2.00. The zero-order valence-electron chi connectivity index (χ0n) is 6.75. The molecule has 0 aromatic heterocycles. The SMILES string of the molecule is C=CCOC(=O)CCCC(=O)[O-]. The molecule has 0 saturated heterocycles. The van der Waals surface area contributed by atoms with Gasteiger partial charge in [0.05, 0.1) is 0 Å². The van der Waals surface area contributed by atoms with Gasteiger partial charge in [0.15, 0.2) is 0 Å². The van der Waals surface area contributed by atoms with Crippen molar-refractivity contribution in [1.29, 1.82) is 0 Å². The second kappa shape index (κ2) is 6.39. The normalized spacial score (nSPS) is 9.00. The molecule has 0 aromatic carbocycles. The molecule has 4 heteroatoms. The van der Waals surface area contributed by atoms with Gasteiger partial charge in [-0.25, -0.2) is 0 Å². The molecule has 0 aliphatic carbocycles. The van der Waals surface area contributed by atoms with Crippen LogP contribution in [0.15, 0.2) is 12.7 Å². The Hall–Kier alpha value is -1.32. The van der Waals surface area contributed by atoms with Crippen molar-refractivity contribution >= 4 is 11.9 Å². The molecule has 0 fully saturated rings. The lowest BCUT2D eigenvalue weighted by Crippen LogP contribution is -2.21. The summed E-state index contributed by atoms with van der Waals surface area (Å²) in [5, 5.41) is 9.92. The number of carboxylic acid groups (broad SMARTS) is 1. The van der Waals surface area contributed by atoms with E-state index < -0.39 is 11.9 Å².